The summed E-state index contributed by atoms with van der Waals surface area (Å²) in [6.07, 6.45) is 1.71. The summed E-state index contributed by atoms with van der Waals surface area (Å²) in [4.78, 5) is 8.38. The van der Waals surface area contributed by atoms with Gasteiger partial charge in [-0.2, -0.15) is 10.2 Å². The fourth-order valence-corrected chi connectivity index (χ4v) is 2.12. The van der Waals surface area contributed by atoms with Gasteiger partial charge in [-0.05, 0) is 6.07 Å². The van der Waals surface area contributed by atoms with E-state index in [1.54, 1.807) is 22.3 Å². The van der Waals surface area contributed by atoms with Crippen molar-refractivity contribution in [3.05, 3.63) is 28.7 Å². The predicted octanol–water partition coefficient (Wildman–Crippen LogP) is 2.07. The van der Waals surface area contributed by atoms with Crippen LogP contribution in [0.5, 0.6) is 0 Å². The molecule has 0 N–H and O–H groups in total. The highest BCUT2D eigenvalue weighted by molar-refractivity contribution is 7.07. The van der Waals surface area contributed by atoms with Crippen molar-refractivity contribution in [1.29, 1.82) is 5.26 Å². The van der Waals surface area contributed by atoms with Crippen molar-refractivity contribution in [3.63, 3.8) is 0 Å². The molecule has 0 aliphatic heterocycles. The van der Waals surface area contributed by atoms with Gasteiger partial charge in [-0.15, -0.1) is 11.3 Å². The van der Waals surface area contributed by atoms with Gasteiger partial charge in [-0.1, -0.05) is 5.16 Å². The predicted molar refractivity (Wildman–Crippen MR) is 64.5 cm³/mol. The Morgan fingerprint density at radius 3 is 3.06 bits per heavy atom. The summed E-state index contributed by atoms with van der Waals surface area (Å²) >= 11 is 1.47. The highest BCUT2D eigenvalue weighted by atomic mass is 32.1. The monoisotopic (exact) mass is 257 g/mol. The maximum atomic E-state index is 8.84. The largest absolute Gasteiger partial charge is 0.345 e. The number of aryl methyl sites for hydroxylation is 1. The minimum absolute atomic E-state index is 0.377. The average molecular weight is 257 g/mol. The van der Waals surface area contributed by atoms with E-state index in [2.05, 4.69) is 21.2 Å². The van der Waals surface area contributed by atoms with E-state index in [1.807, 2.05) is 12.4 Å². The third-order valence-electron chi connectivity index (χ3n) is 2.44. The van der Waals surface area contributed by atoms with Crippen LogP contribution in [0.1, 0.15) is 5.56 Å². The lowest BCUT2D eigenvalue weighted by Gasteiger charge is -1.94. The summed E-state index contributed by atoms with van der Waals surface area (Å²) in [5.41, 5.74) is 3.66. The van der Waals surface area contributed by atoms with Crippen molar-refractivity contribution in [2.24, 2.45) is 7.05 Å². The van der Waals surface area contributed by atoms with Crippen LogP contribution in [0.3, 0.4) is 0 Å². The van der Waals surface area contributed by atoms with Crippen LogP contribution in [0, 0.1) is 11.3 Å². The zero-order valence-corrected chi connectivity index (χ0v) is 10.2. The van der Waals surface area contributed by atoms with Gasteiger partial charge in [-0.25, -0.2) is 4.98 Å². The Balaban J connectivity index is 2.03. The minimum Gasteiger partial charge on any atom is -0.345 e. The van der Waals surface area contributed by atoms with Crippen molar-refractivity contribution in [2.45, 2.75) is 0 Å². The Morgan fingerprint density at radius 1 is 1.50 bits per heavy atom. The first-order valence-corrected chi connectivity index (χ1v) is 6.01. The Kier molecular flexibility index (Phi) is 2.42. The summed E-state index contributed by atoms with van der Waals surface area (Å²) in [6.45, 7) is 0. The molecule has 0 unspecified atom stereocenters. The third kappa shape index (κ3) is 1.69. The second-order valence-corrected chi connectivity index (χ2v) is 4.35. The van der Waals surface area contributed by atoms with Gasteiger partial charge in [0.05, 0.1) is 11.1 Å². The number of nitriles is 1. The van der Waals surface area contributed by atoms with E-state index in [0.717, 1.165) is 0 Å². The summed E-state index contributed by atoms with van der Waals surface area (Å²) in [6, 6.07) is 3.78. The molecule has 7 heteroatoms. The van der Waals surface area contributed by atoms with E-state index in [4.69, 9.17) is 9.78 Å². The Morgan fingerprint density at radius 2 is 2.39 bits per heavy atom. The van der Waals surface area contributed by atoms with E-state index in [1.165, 1.54) is 11.3 Å². The molecule has 3 aromatic heterocycles. The highest BCUT2D eigenvalue weighted by Gasteiger charge is 2.15. The van der Waals surface area contributed by atoms with E-state index >= 15 is 0 Å². The minimum atomic E-state index is 0.377. The molecular weight excluding hydrogens is 250 g/mol. The molecule has 0 saturated heterocycles. The van der Waals surface area contributed by atoms with Crippen molar-refractivity contribution in [3.8, 4) is 29.2 Å². The third-order valence-corrected chi connectivity index (χ3v) is 3.03. The summed E-state index contributed by atoms with van der Waals surface area (Å²) in [7, 11) is 1.82. The number of thiazole rings is 1. The molecule has 18 heavy (non-hydrogen) atoms. The van der Waals surface area contributed by atoms with Gasteiger partial charge >= 0.3 is 0 Å². The first kappa shape index (κ1) is 10.7. The van der Waals surface area contributed by atoms with Crippen molar-refractivity contribution in [1.82, 2.24) is 19.7 Å². The number of hydrogen-bond donors (Lipinski definition) is 0. The molecule has 88 valence electrons. The second-order valence-electron chi connectivity index (χ2n) is 3.63. The Labute approximate surface area is 106 Å². The summed E-state index contributed by atoms with van der Waals surface area (Å²) in [5.74, 6) is 0.827. The molecule has 0 bridgehead atoms. The molecule has 3 rings (SSSR count). The lowest BCUT2D eigenvalue weighted by molar-refractivity contribution is 0.429. The molecule has 3 aromatic rings. The summed E-state index contributed by atoms with van der Waals surface area (Å²) in [5, 5.41) is 14.6. The topological polar surface area (TPSA) is 80.5 Å². The molecule has 0 aromatic carbocycles. The van der Waals surface area contributed by atoms with Gasteiger partial charge < -0.3 is 9.09 Å². The van der Waals surface area contributed by atoms with E-state index in [0.29, 0.717) is 28.7 Å². The van der Waals surface area contributed by atoms with Crippen LogP contribution in [0.2, 0.25) is 0 Å². The van der Waals surface area contributed by atoms with Crippen LogP contribution in [0.15, 0.2) is 27.7 Å². The maximum absolute atomic E-state index is 8.84. The average Bonchev–Trinajstić information content (AvgIpc) is 3.08. The van der Waals surface area contributed by atoms with Crippen LogP contribution in [0.4, 0.5) is 0 Å². The van der Waals surface area contributed by atoms with Gasteiger partial charge in [-0.3, -0.25) is 0 Å². The second kappa shape index (κ2) is 4.09. The van der Waals surface area contributed by atoms with E-state index in [-0.39, 0.29) is 0 Å². The zero-order valence-electron chi connectivity index (χ0n) is 9.36. The van der Waals surface area contributed by atoms with Gasteiger partial charge in [0.1, 0.15) is 17.5 Å². The molecule has 0 spiro atoms. The molecule has 0 fully saturated rings. The van der Waals surface area contributed by atoms with Gasteiger partial charge in [0, 0.05) is 18.6 Å². The first-order chi connectivity index (χ1) is 8.78. The maximum Gasteiger partial charge on any atom is 0.274 e. The van der Waals surface area contributed by atoms with Gasteiger partial charge in [0.15, 0.2) is 0 Å². The van der Waals surface area contributed by atoms with Crippen LogP contribution in [-0.4, -0.2) is 19.7 Å². The smallest absolute Gasteiger partial charge is 0.274 e. The number of aromatic nitrogens is 4. The molecular formula is C11H7N5OS. The lowest BCUT2D eigenvalue weighted by Crippen LogP contribution is -1.89. The molecule has 0 saturated carbocycles. The number of hydrogen-bond acceptors (Lipinski definition) is 6. The Hall–Kier alpha value is -2.46. The standard InChI is InChI=1S/C11H7N5OS/c1-16-4-7(3-12)2-9(16)11-14-10(15-17-11)8-5-18-6-13-8/h2,4-6H,1H3. The first-order valence-electron chi connectivity index (χ1n) is 5.07. The van der Waals surface area contributed by atoms with Crippen molar-refractivity contribution in [2.75, 3.05) is 0 Å². The molecule has 6 nitrogen and oxygen atoms in total. The molecule has 0 radical (unpaired) electrons. The van der Waals surface area contributed by atoms with E-state index in [9.17, 15) is 0 Å². The van der Waals surface area contributed by atoms with Crippen LogP contribution < -0.4 is 0 Å². The molecule has 0 aliphatic carbocycles. The van der Waals surface area contributed by atoms with Crippen LogP contribution in [0.25, 0.3) is 23.1 Å². The molecule has 0 aliphatic rings. The summed E-state index contributed by atoms with van der Waals surface area (Å²) < 4.78 is 6.96. The van der Waals surface area contributed by atoms with Crippen molar-refractivity contribution >= 4 is 11.3 Å². The lowest BCUT2D eigenvalue weighted by atomic mass is 10.3. The van der Waals surface area contributed by atoms with Crippen LogP contribution >= 0.6 is 11.3 Å². The zero-order chi connectivity index (χ0) is 12.5. The Bertz CT molecular complexity index is 719. The SMILES string of the molecule is Cn1cc(C#N)cc1-c1nc(-c2cscn2)no1. The number of nitrogens with zero attached hydrogens (tertiary/aromatic N) is 5. The van der Waals surface area contributed by atoms with Gasteiger partial charge in [0.25, 0.3) is 5.89 Å². The highest BCUT2D eigenvalue weighted by Crippen LogP contribution is 2.23. The fourth-order valence-electron chi connectivity index (χ4n) is 1.59. The quantitative estimate of drug-likeness (QED) is 0.702. The number of rotatable bonds is 2. The van der Waals surface area contributed by atoms with Crippen LogP contribution in [-0.2, 0) is 7.05 Å². The van der Waals surface area contributed by atoms with Crippen molar-refractivity contribution < 1.29 is 4.52 Å². The molecule has 3 heterocycles. The molecule has 0 amide bonds. The normalized spacial score (nSPS) is 10.4. The van der Waals surface area contributed by atoms with Gasteiger partial charge in [0.2, 0.25) is 5.82 Å². The van der Waals surface area contributed by atoms with E-state index < -0.39 is 0 Å². The fraction of sp³-hybridized carbons (Fsp3) is 0.0909. The molecule has 0 atom stereocenters.